The molecule has 110 valence electrons. The van der Waals surface area contributed by atoms with Crippen molar-refractivity contribution in [3.63, 3.8) is 0 Å². The van der Waals surface area contributed by atoms with Crippen LogP contribution in [0.1, 0.15) is 24.2 Å². The number of benzene rings is 1. The van der Waals surface area contributed by atoms with Gasteiger partial charge < -0.3 is 10.1 Å². The van der Waals surface area contributed by atoms with Gasteiger partial charge in [0.1, 0.15) is 0 Å². The maximum absolute atomic E-state index is 11.8. The van der Waals surface area contributed by atoms with Gasteiger partial charge in [0, 0.05) is 25.3 Å². The Kier molecular flexibility index (Phi) is 6.41. The lowest BCUT2D eigenvalue weighted by molar-refractivity contribution is -0.384. The third-order valence-electron chi connectivity index (χ3n) is 2.39. The Bertz CT molecular complexity index is 491. The number of nitrogens with one attached hydrogen (secondary N) is 1. The molecule has 1 N–H and O–H groups in total. The number of hydrogen-bond donors (Lipinski definition) is 1. The average molecular weight is 301 g/mol. The highest BCUT2D eigenvalue weighted by Gasteiger charge is 2.14. The molecule has 7 heteroatoms. The van der Waals surface area contributed by atoms with E-state index in [-0.39, 0.29) is 22.2 Å². The SMILES string of the molecule is CC(C)COCCNC(=O)c1ccc([N+](=O)[O-])cc1Cl. The van der Waals surface area contributed by atoms with Crippen LogP contribution >= 0.6 is 11.6 Å². The van der Waals surface area contributed by atoms with Crippen LogP contribution in [0.4, 0.5) is 5.69 Å². The van der Waals surface area contributed by atoms with E-state index >= 15 is 0 Å². The number of carbonyl (C=O) groups excluding carboxylic acids is 1. The topological polar surface area (TPSA) is 81.5 Å². The number of ether oxygens (including phenoxy) is 1. The van der Waals surface area contributed by atoms with Gasteiger partial charge in [-0.2, -0.15) is 0 Å². The van der Waals surface area contributed by atoms with Gasteiger partial charge in [-0.1, -0.05) is 25.4 Å². The molecule has 0 saturated carbocycles. The molecule has 1 rings (SSSR count). The number of rotatable bonds is 7. The third kappa shape index (κ3) is 5.14. The summed E-state index contributed by atoms with van der Waals surface area (Å²) in [5.41, 5.74) is 0.0629. The van der Waals surface area contributed by atoms with E-state index in [2.05, 4.69) is 5.32 Å². The van der Waals surface area contributed by atoms with E-state index < -0.39 is 4.92 Å². The van der Waals surface area contributed by atoms with Crippen molar-refractivity contribution in [2.45, 2.75) is 13.8 Å². The predicted molar refractivity (Wildman–Crippen MR) is 76.1 cm³/mol. The molecule has 0 fully saturated rings. The summed E-state index contributed by atoms with van der Waals surface area (Å²) in [6, 6.07) is 3.74. The molecule has 0 saturated heterocycles. The largest absolute Gasteiger partial charge is 0.379 e. The van der Waals surface area contributed by atoms with Crippen molar-refractivity contribution in [3.05, 3.63) is 38.9 Å². The van der Waals surface area contributed by atoms with Gasteiger partial charge in [0.2, 0.25) is 0 Å². The molecule has 0 aliphatic rings. The lowest BCUT2D eigenvalue weighted by atomic mass is 10.2. The van der Waals surface area contributed by atoms with Crippen LogP contribution in [-0.4, -0.2) is 30.6 Å². The molecule has 0 heterocycles. The van der Waals surface area contributed by atoms with Crippen molar-refractivity contribution in [2.24, 2.45) is 5.92 Å². The van der Waals surface area contributed by atoms with E-state index in [1.807, 2.05) is 13.8 Å². The van der Waals surface area contributed by atoms with Gasteiger partial charge in [0.05, 0.1) is 22.1 Å². The maximum atomic E-state index is 11.8. The summed E-state index contributed by atoms with van der Waals surface area (Å²) in [5, 5.41) is 13.3. The molecule has 0 aliphatic carbocycles. The van der Waals surface area contributed by atoms with E-state index in [4.69, 9.17) is 16.3 Å². The number of non-ortho nitro benzene ring substituents is 1. The molecule has 0 unspecified atom stereocenters. The first-order chi connectivity index (χ1) is 9.41. The normalized spacial score (nSPS) is 10.6. The zero-order valence-electron chi connectivity index (χ0n) is 11.4. The molecule has 1 amide bonds. The molecule has 0 bridgehead atoms. The molecule has 1 aromatic rings. The summed E-state index contributed by atoms with van der Waals surface area (Å²) in [4.78, 5) is 21.8. The molecular weight excluding hydrogens is 284 g/mol. The van der Waals surface area contributed by atoms with Crippen LogP contribution in [-0.2, 0) is 4.74 Å². The minimum Gasteiger partial charge on any atom is -0.379 e. The molecular formula is C13H17ClN2O4. The average Bonchev–Trinajstić information content (AvgIpc) is 2.37. The number of halogens is 1. The molecule has 0 aromatic heterocycles. The number of hydrogen-bond acceptors (Lipinski definition) is 4. The molecule has 1 aromatic carbocycles. The van der Waals surface area contributed by atoms with Gasteiger partial charge in [-0.3, -0.25) is 14.9 Å². The second-order valence-electron chi connectivity index (χ2n) is 4.65. The van der Waals surface area contributed by atoms with E-state index in [0.29, 0.717) is 25.7 Å². The van der Waals surface area contributed by atoms with Crippen LogP contribution in [0, 0.1) is 16.0 Å². The minimum absolute atomic E-state index is 0.0554. The van der Waals surface area contributed by atoms with Crippen LogP contribution in [0.3, 0.4) is 0 Å². The van der Waals surface area contributed by atoms with Gasteiger partial charge in [-0.25, -0.2) is 0 Å². The summed E-state index contributed by atoms with van der Waals surface area (Å²) in [5.74, 6) is 0.0628. The Morgan fingerprint density at radius 2 is 2.20 bits per heavy atom. The number of amides is 1. The molecule has 0 spiro atoms. The molecule has 20 heavy (non-hydrogen) atoms. The fourth-order valence-corrected chi connectivity index (χ4v) is 1.71. The van der Waals surface area contributed by atoms with Crippen LogP contribution in [0.2, 0.25) is 5.02 Å². The summed E-state index contributed by atoms with van der Waals surface area (Å²) in [6.07, 6.45) is 0. The van der Waals surface area contributed by atoms with Crippen LogP contribution in [0.15, 0.2) is 18.2 Å². The van der Waals surface area contributed by atoms with Crippen molar-refractivity contribution >= 4 is 23.2 Å². The highest BCUT2D eigenvalue weighted by molar-refractivity contribution is 6.34. The van der Waals surface area contributed by atoms with E-state index in [0.717, 1.165) is 6.07 Å². The molecule has 0 atom stereocenters. The van der Waals surface area contributed by atoms with Crippen LogP contribution in [0.25, 0.3) is 0 Å². The zero-order chi connectivity index (χ0) is 15.1. The summed E-state index contributed by atoms with van der Waals surface area (Å²) in [7, 11) is 0. The lowest BCUT2D eigenvalue weighted by Crippen LogP contribution is -2.27. The van der Waals surface area contributed by atoms with Crippen molar-refractivity contribution < 1.29 is 14.5 Å². The Balaban J connectivity index is 2.49. The summed E-state index contributed by atoms with van der Waals surface area (Å²) in [6.45, 7) is 5.48. The molecule has 6 nitrogen and oxygen atoms in total. The van der Waals surface area contributed by atoms with E-state index in [1.54, 1.807) is 0 Å². The summed E-state index contributed by atoms with van der Waals surface area (Å²) >= 11 is 5.85. The fraction of sp³-hybridized carbons (Fsp3) is 0.462. The van der Waals surface area contributed by atoms with Crippen LogP contribution in [0.5, 0.6) is 0 Å². The van der Waals surface area contributed by atoms with Crippen molar-refractivity contribution in [1.29, 1.82) is 0 Å². The first-order valence-corrected chi connectivity index (χ1v) is 6.59. The Labute approximate surface area is 122 Å². The number of nitro benzene ring substituents is 1. The quantitative estimate of drug-likeness (QED) is 0.477. The second kappa shape index (κ2) is 7.81. The lowest BCUT2D eigenvalue weighted by Gasteiger charge is -2.08. The second-order valence-corrected chi connectivity index (χ2v) is 5.05. The molecule has 0 aliphatic heterocycles. The fourth-order valence-electron chi connectivity index (χ4n) is 1.45. The standard InChI is InChI=1S/C13H17ClN2O4/c1-9(2)8-20-6-5-15-13(17)11-4-3-10(16(18)19)7-12(11)14/h3-4,7,9H,5-6,8H2,1-2H3,(H,15,17). The monoisotopic (exact) mass is 300 g/mol. The Hall–Kier alpha value is -1.66. The van der Waals surface area contributed by atoms with Gasteiger partial charge >= 0.3 is 0 Å². The highest BCUT2D eigenvalue weighted by Crippen LogP contribution is 2.22. The third-order valence-corrected chi connectivity index (χ3v) is 2.70. The van der Waals surface area contributed by atoms with Crippen molar-refractivity contribution in [2.75, 3.05) is 19.8 Å². The first-order valence-electron chi connectivity index (χ1n) is 6.21. The van der Waals surface area contributed by atoms with E-state index in [1.165, 1.54) is 12.1 Å². The maximum Gasteiger partial charge on any atom is 0.270 e. The van der Waals surface area contributed by atoms with Gasteiger partial charge in [-0.05, 0) is 12.0 Å². The van der Waals surface area contributed by atoms with Crippen LogP contribution < -0.4 is 5.32 Å². The number of nitro groups is 1. The van der Waals surface area contributed by atoms with Gasteiger partial charge in [0.25, 0.3) is 11.6 Å². The minimum atomic E-state index is -0.562. The zero-order valence-corrected chi connectivity index (χ0v) is 12.1. The van der Waals surface area contributed by atoms with Crippen molar-refractivity contribution in [3.8, 4) is 0 Å². The van der Waals surface area contributed by atoms with E-state index in [9.17, 15) is 14.9 Å². The molecule has 0 radical (unpaired) electrons. The van der Waals surface area contributed by atoms with Crippen molar-refractivity contribution in [1.82, 2.24) is 5.32 Å². The van der Waals surface area contributed by atoms with Gasteiger partial charge in [-0.15, -0.1) is 0 Å². The predicted octanol–water partition coefficient (Wildman–Crippen LogP) is 2.65. The van der Waals surface area contributed by atoms with Gasteiger partial charge in [0.15, 0.2) is 0 Å². The first kappa shape index (κ1) is 16.4. The summed E-state index contributed by atoms with van der Waals surface area (Å²) < 4.78 is 5.33. The Morgan fingerprint density at radius 1 is 1.50 bits per heavy atom. The highest BCUT2D eigenvalue weighted by atomic mass is 35.5. The Morgan fingerprint density at radius 3 is 2.75 bits per heavy atom. The smallest absolute Gasteiger partial charge is 0.270 e. The number of nitrogens with zero attached hydrogens (tertiary/aromatic N) is 1. The number of carbonyl (C=O) groups is 1.